The third-order valence-corrected chi connectivity index (χ3v) is 6.33. The second kappa shape index (κ2) is 9.70. The van der Waals surface area contributed by atoms with Crippen molar-refractivity contribution in [2.45, 2.75) is 69.1 Å². The van der Waals surface area contributed by atoms with Gasteiger partial charge < -0.3 is 5.32 Å². The van der Waals surface area contributed by atoms with E-state index in [0.717, 1.165) is 36.9 Å². The van der Waals surface area contributed by atoms with E-state index in [1.165, 1.54) is 30.2 Å². The number of aromatic nitrogens is 2. The minimum absolute atomic E-state index is 0.110. The number of aryl methyl sites for hydroxylation is 3. The lowest BCUT2D eigenvalue weighted by atomic mass is 9.96. The van der Waals surface area contributed by atoms with Crippen molar-refractivity contribution in [1.82, 2.24) is 9.97 Å². The zero-order valence-electron chi connectivity index (χ0n) is 16.5. The van der Waals surface area contributed by atoms with Crippen molar-refractivity contribution in [2.24, 2.45) is 0 Å². The minimum Gasteiger partial charge on any atom is -0.310 e. The monoisotopic (exact) mass is 394 g/mol. The van der Waals surface area contributed by atoms with E-state index in [4.69, 9.17) is 4.98 Å². The van der Waals surface area contributed by atoms with Gasteiger partial charge in [0, 0.05) is 11.9 Å². The van der Waals surface area contributed by atoms with Gasteiger partial charge in [0.15, 0.2) is 0 Å². The van der Waals surface area contributed by atoms with Gasteiger partial charge >= 0.3 is 0 Å². The molecule has 3 rings (SSSR count). The Morgan fingerprint density at radius 3 is 2.75 bits per heavy atom. The Balaban J connectivity index is 1.79. The molecule has 2 aromatic heterocycles. The highest BCUT2D eigenvalue weighted by atomic mass is 32.2. The van der Waals surface area contributed by atoms with Crippen LogP contribution in [-0.2, 0) is 17.6 Å². The number of fused-ring (bicyclic) bond motifs is 1. The molecule has 6 heteroatoms. The van der Waals surface area contributed by atoms with Crippen LogP contribution in [0.1, 0.15) is 61.4 Å². The van der Waals surface area contributed by atoms with Gasteiger partial charge in [-0.3, -0.25) is 4.79 Å². The number of thioether (sulfide) groups is 1. The lowest BCUT2D eigenvalue weighted by Gasteiger charge is -2.18. The summed E-state index contributed by atoms with van der Waals surface area (Å²) in [5, 5.41) is 12.8. The van der Waals surface area contributed by atoms with Gasteiger partial charge in [-0.1, -0.05) is 37.6 Å². The molecule has 28 heavy (non-hydrogen) atoms. The molecule has 1 aliphatic carbocycles. The van der Waals surface area contributed by atoms with Gasteiger partial charge in [-0.25, -0.2) is 9.97 Å². The summed E-state index contributed by atoms with van der Waals surface area (Å²) in [5.41, 5.74) is 3.91. The fraction of sp³-hybridized carbons (Fsp3) is 0.455. The number of nitrogens with zero attached hydrogens (tertiary/aromatic N) is 3. The maximum atomic E-state index is 12.7. The van der Waals surface area contributed by atoms with Crippen molar-refractivity contribution < 1.29 is 4.79 Å². The summed E-state index contributed by atoms with van der Waals surface area (Å²) in [6.07, 6.45) is 9.06. The topological polar surface area (TPSA) is 78.7 Å². The summed E-state index contributed by atoms with van der Waals surface area (Å²) in [7, 11) is 0. The summed E-state index contributed by atoms with van der Waals surface area (Å²) >= 11 is 1.38. The normalized spacial score (nSPS) is 14.9. The van der Waals surface area contributed by atoms with Crippen LogP contribution in [0.3, 0.4) is 0 Å². The number of carbonyl (C=O) groups excluding carboxylic acids is 1. The molecule has 2 aromatic rings. The van der Waals surface area contributed by atoms with Gasteiger partial charge in [0.05, 0.1) is 10.8 Å². The van der Waals surface area contributed by atoms with Gasteiger partial charge in [-0.05, 0) is 62.3 Å². The van der Waals surface area contributed by atoms with Crippen molar-refractivity contribution in [2.75, 3.05) is 5.32 Å². The summed E-state index contributed by atoms with van der Waals surface area (Å²) in [6.45, 7) is 3.93. The Morgan fingerprint density at radius 2 is 2.07 bits per heavy atom. The highest BCUT2D eigenvalue weighted by Gasteiger charge is 2.22. The van der Waals surface area contributed by atoms with Crippen molar-refractivity contribution in [3.63, 3.8) is 0 Å². The lowest BCUT2D eigenvalue weighted by molar-refractivity contribution is -0.115. The average molecular weight is 395 g/mol. The number of hydrogen-bond acceptors (Lipinski definition) is 5. The largest absolute Gasteiger partial charge is 0.310 e. The van der Waals surface area contributed by atoms with E-state index in [0.29, 0.717) is 22.8 Å². The summed E-state index contributed by atoms with van der Waals surface area (Å²) in [6, 6.07) is 7.99. The molecule has 0 bridgehead atoms. The minimum atomic E-state index is -0.325. The fourth-order valence-corrected chi connectivity index (χ4v) is 4.34. The average Bonchev–Trinajstić information content (AvgIpc) is 2.68. The van der Waals surface area contributed by atoms with Gasteiger partial charge in [0.2, 0.25) is 5.91 Å². The van der Waals surface area contributed by atoms with Crippen LogP contribution in [0, 0.1) is 18.3 Å². The SMILES string of the molecule is CCC(Sc1nc2c(cc1C#N)CCCCCC2)C(=O)Nc1ccc(C)cn1. The van der Waals surface area contributed by atoms with E-state index in [9.17, 15) is 10.1 Å². The maximum Gasteiger partial charge on any atom is 0.239 e. The van der Waals surface area contributed by atoms with Gasteiger partial charge in [0.25, 0.3) is 0 Å². The molecule has 5 nitrogen and oxygen atoms in total. The lowest BCUT2D eigenvalue weighted by Crippen LogP contribution is -2.25. The molecule has 0 fully saturated rings. The van der Waals surface area contributed by atoms with E-state index < -0.39 is 0 Å². The van der Waals surface area contributed by atoms with E-state index in [-0.39, 0.29) is 11.2 Å². The second-order valence-corrected chi connectivity index (χ2v) is 8.39. The summed E-state index contributed by atoms with van der Waals surface area (Å²) < 4.78 is 0. The first-order valence-corrected chi connectivity index (χ1v) is 10.8. The third-order valence-electron chi connectivity index (χ3n) is 4.97. The Morgan fingerprint density at radius 1 is 1.29 bits per heavy atom. The molecular weight excluding hydrogens is 368 g/mol. The van der Waals surface area contributed by atoms with Gasteiger partial charge in [0.1, 0.15) is 16.9 Å². The van der Waals surface area contributed by atoms with Crippen LogP contribution in [0.5, 0.6) is 0 Å². The van der Waals surface area contributed by atoms with Crippen LogP contribution < -0.4 is 5.32 Å². The Bertz CT molecular complexity index is 873. The quantitative estimate of drug-likeness (QED) is 0.735. The molecule has 0 radical (unpaired) electrons. The molecular formula is C22H26N4OS. The van der Waals surface area contributed by atoms with Crippen molar-refractivity contribution in [3.05, 3.63) is 46.8 Å². The number of pyridine rings is 2. The highest BCUT2D eigenvalue weighted by Crippen LogP contribution is 2.31. The number of nitriles is 1. The highest BCUT2D eigenvalue weighted by molar-refractivity contribution is 8.00. The smallest absolute Gasteiger partial charge is 0.239 e. The molecule has 1 amide bonds. The van der Waals surface area contributed by atoms with E-state index >= 15 is 0 Å². The van der Waals surface area contributed by atoms with Gasteiger partial charge in [-0.15, -0.1) is 0 Å². The van der Waals surface area contributed by atoms with Crippen molar-refractivity contribution >= 4 is 23.5 Å². The van der Waals surface area contributed by atoms with E-state index in [1.807, 2.05) is 26.0 Å². The number of anilines is 1. The number of rotatable bonds is 5. The molecule has 0 saturated carbocycles. The first-order valence-electron chi connectivity index (χ1n) is 9.93. The fourth-order valence-electron chi connectivity index (χ4n) is 3.34. The first-order chi connectivity index (χ1) is 13.6. The molecule has 146 valence electrons. The number of nitrogens with one attached hydrogen (secondary N) is 1. The number of amides is 1. The first kappa shape index (κ1) is 20.3. The molecule has 0 spiro atoms. The number of hydrogen-bond donors (Lipinski definition) is 1. The van der Waals surface area contributed by atoms with E-state index in [2.05, 4.69) is 16.4 Å². The molecule has 1 N–H and O–H groups in total. The Labute approximate surface area is 171 Å². The molecule has 1 unspecified atom stereocenters. The summed E-state index contributed by atoms with van der Waals surface area (Å²) in [4.78, 5) is 21.8. The van der Waals surface area contributed by atoms with Crippen molar-refractivity contribution in [3.8, 4) is 6.07 Å². The zero-order chi connectivity index (χ0) is 19.9. The van der Waals surface area contributed by atoms with Crippen molar-refractivity contribution in [1.29, 1.82) is 5.26 Å². The Kier molecular flexibility index (Phi) is 7.05. The molecule has 0 aliphatic heterocycles. The predicted octanol–water partition coefficient (Wildman–Crippen LogP) is 4.83. The molecule has 2 heterocycles. The number of carbonyl (C=O) groups is 1. The Hall–Kier alpha value is -2.39. The van der Waals surface area contributed by atoms with Crippen LogP contribution in [0.2, 0.25) is 0 Å². The maximum absolute atomic E-state index is 12.7. The molecule has 1 aliphatic rings. The van der Waals surface area contributed by atoms with Crippen LogP contribution in [0.25, 0.3) is 0 Å². The second-order valence-electron chi connectivity index (χ2n) is 7.20. The predicted molar refractivity (Wildman–Crippen MR) is 112 cm³/mol. The molecule has 0 saturated heterocycles. The van der Waals surface area contributed by atoms with Crippen LogP contribution in [0.15, 0.2) is 29.4 Å². The van der Waals surface area contributed by atoms with E-state index in [1.54, 1.807) is 12.3 Å². The summed E-state index contributed by atoms with van der Waals surface area (Å²) in [5.74, 6) is 0.433. The standard InChI is InChI=1S/C22H26N4OS/c1-3-19(21(27)26-20-11-10-15(2)14-24-20)28-22-17(13-23)12-16-8-6-4-5-7-9-18(16)25-22/h10-12,14,19H,3-9H2,1-2H3,(H,24,26,27). The van der Waals surface area contributed by atoms with Crippen LogP contribution in [0.4, 0.5) is 5.82 Å². The van der Waals surface area contributed by atoms with Gasteiger partial charge in [-0.2, -0.15) is 5.26 Å². The third kappa shape index (κ3) is 5.11. The molecule has 0 aromatic carbocycles. The zero-order valence-corrected chi connectivity index (χ0v) is 17.3. The van der Waals surface area contributed by atoms with Crippen LogP contribution >= 0.6 is 11.8 Å². The van der Waals surface area contributed by atoms with Crippen LogP contribution in [-0.4, -0.2) is 21.1 Å². The molecule has 1 atom stereocenters.